The number of benzene rings is 2. The Bertz CT molecular complexity index is 789. The molecule has 2 rings (SSSR count). The van der Waals surface area contributed by atoms with Gasteiger partial charge in [0.15, 0.2) is 17.5 Å². The number of anilines is 1. The highest BCUT2D eigenvalue weighted by atomic mass is 35.5. The molecule has 2 aromatic carbocycles. The molecule has 0 spiro atoms. The molecule has 0 radical (unpaired) electrons. The van der Waals surface area contributed by atoms with Crippen LogP contribution in [-0.4, -0.2) is 8.42 Å². The Morgan fingerprint density at radius 2 is 1.48 bits per heavy atom. The first-order valence-electron chi connectivity index (χ1n) is 5.33. The number of halogens is 5. The third-order valence-corrected chi connectivity index (χ3v) is 4.56. The van der Waals surface area contributed by atoms with E-state index in [4.69, 9.17) is 23.2 Å². The van der Waals surface area contributed by atoms with Crippen molar-refractivity contribution in [2.75, 3.05) is 4.72 Å². The minimum absolute atomic E-state index is 0.00370. The summed E-state index contributed by atoms with van der Waals surface area (Å²) in [5.41, 5.74) is -0.461. The summed E-state index contributed by atoms with van der Waals surface area (Å²) in [5, 5.41) is 0.144. The van der Waals surface area contributed by atoms with Crippen LogP contribution >= 0.6 is 23.2 Å². The second-order valence-electron chi connectivity index (χ2n) is 3.94. The lowest BCUT2D eigenvalue weighted by molar-refractivity contribution is 0.448. The fourth-order valence-electron chi connectivity index (χ4n) is 1.47. The minimum Gasteiger partial charge on any atom is -0.279 e. The van der Waals surface area contributed by atoms with E-state index in [-0.39, 0.29) is 14.9 Å². The summed E-state index contributed by atoms with van der Waals surface area (Å²) >= 11 is 11.4. The van der Waals surface area contributed by atoms with E-state index in [1.54, 1.807) is 0 Å². The maximum atomic E-state index is 13.0. The minimum atomic E-state index is -4.15. The van der Waals surface area contributed by atoms with Gasteiger partial charge in [-0.25, -0.2) is 21.6 Å². The van der Waals surface area contributed by atoms with Gasteiger partial charge < -0.3 is 0 Å². The fraction of sp³-hybridized carbons (Fsp3) is 0. The zero-order chi connectivity index (χ0) is 15.8. The normalized spacial score (nSPS) is 11.5. The smallest absolute Gasteiger partial charge is 0.261 e. The van der Waals surface area contributed by atoms with E-state index in [0.29, 0.717) is 12.1 Å². The van der Waals surface area contributed by atoms with Crippen molar-refractivity contribution in [1.29, 1.82) is 0 Å². The Labute approximate surface area is 128 Å². The van der Waals surface area contributed by atoms with Gasteiger partial charge in [-0.05, 0) is 18.2 Å². The van der Waals surface area contributed by atoms with Gasteiger partial charge in [0, 0.05) is 12.1 Å². The van der Waals surface area contributed by atoms with E-state index >= 15 is 0 Å². The molecule has 1 N–H and O–H groups in total. The van der Waals surface area contributed by atoms with Gasteiger partial charge in [-0.1, -0.05) is 23.2 Å². The van der Waals surface area contributed by atoms with Crippen LogP contribution < -0.4 is 4.72 Å². The van der Waals surface area contributed by atoms with Crippen LogP contribution in [0.2, 0.25) is 10.0 Å². The number of hydrogen-bond donors (Lipinski definition) is 1. The molecule has 0 bridgehead atoms. The zero-order valence-corrected chi connectivity index (χ0v) is 12.3. The van der Waals surface area contributed by atoms with Crippen LogP contribution in [-0.2, 0) is 10.0 Å². The highest BCUT2D eigenvalue weighted by molar-refractivity contribution is 7.92. The summed E-state index contributed by atoms with van der Waals surface area (Å²) < 4.78 is 64.9. The van der Waals surface area contributed by atoms with Crippen molar-refractivity contribution in [3.63, 3.8) is 0 Å². The van der Waals surface area contributed by atoms with Gasteiger partial charge in [0.1, 0.15) is 0 Å². The van der Waals surface area contributed by atoms with Gasteiger partial charge in [-0.15, -0.1) is 0 Å². The second kappa shape index (κ2) is 5.75. The molecule has 0 aliphatic heterocycles. The Balaban J connectivity index is 2.39. The molecular formula is C12H6Cl2F3NO2S. The first-order valence-corrected chi connectivity index (χ1v) is 7.57. The molecule has 0 amide bonds. The van der Waals surface area contributed by atoms with Crippen LogP contribution in [0.25, 0.3) is 0 Å². The predicted octanol–water partition coefficient (Wildman–Crippen LogP) is 4.21. The lowest BCUT2D eigenvalue weighted by atomic mass is 10.3. The molecule has 0 aliphatic carbocycles. The molecule has 0 aliphatic rings. The highest BCUT2D eigenvalue weighted by Gasteiger charge is 2.18. The van der Waals surface area contributed by atoms with Crippen LogP contribution in [0.3, 0.4) is 0 Å². The third kappa shape index (κ3) is 3.42. The first-order chi connectivity index (χ1) is 9.70. The topological polar surface area (TPSA) is 46.2 Å². The SMILES string of the molecule is O=S(=O)(Nc1cc(F)c(F)c(F)c1)c1ccc(Cl)c(Cl)c1. The molecule has 0 aromatic heterocycles. The average molecular weight is 356 g/mol. The molecule has 0 saturated carbocycles. The first kappa shape index (κ1) is 15.9. The van der Waals surface area contributed by atoms with Crippen molar-refractivity contribution >= 4 is 38.9 Å². The van der Waals surface area contributed by atoms with Crippen LogP contribution in [0.5, 0.6) is 0 Å². The molecular weight excluding hydrogens is 350 g/mol. The molecule has 0 atom stereocenters. The summed E-state index contributed by atoms with van der Waals surface area (Å²) in [4.78, 5) is -0.262. The van der Waals surface area contributed by atoms with Crippen molar-refractivity contribution in [2.45, 2.75) is 4.90 Å². The van der Waals surface area contributed by atoms with Crippen molar-refractivity contribution < 1.29 is 21.6 Å². The molecule has 0 unspecified atom stereocenters. The van der Waals surface area contributed by atoms with Crippen molar-refractivity contribution in [1.82, 2.24) is 0 Å². The van der Waals surface area contributed by atoms with E-state index in [9.17, 15) is 21.6 Å². The molecule has 112 valence electrons. The van der Waals surface area contributed by atoms with E-state index in [1.165, 1.54) is 6.07 Å². The lowest BCUT2D eigenvalue weighted by Crippen LogP contribution is -2.13. The van der Waals surface area contributed by atoms with Gasteiger partial charge in [0.05, 0.1) is 20.6 Å². The Hall–Kier alpha value is -1.44. The van der Waals surface area contributed by atoms with Gasteiger partial charge in [-0.2, -0.15) is 0 Å². The molecule has 21 heavy (non-hydrogen) atoms. The summed E-state index contributed by atoms with van der Waals surface area (Å²) in [5.74, 6) is -4.71. The molecule has 3 nitrogen and oxygen atoms in total. The highest BCUT2D eigenvalue weighted by Crippen LogP contribution is 2.26. The number of hydrogen-bond acceptors (Lipinski definition) is 2. The van der Waals surface area contributed by atoms with Gasteiger partial charge >= 0.3 is 0 Å². The largest absolute Gasteiger partial charge is 0.279 e. The second-order valence-corrected chi connectivity index (χ2v) is 6.43. The van der Waals surface area contributed by atoms with E-state index in [0.717, 1.165) is 12.1 Å². The number of sulfonamides is 1. The van der Waals surface area contributed by atoms with Gasteiger partial charge in [-0.3, -0.25) is 4.72 Å². The van der Waals surface area contributed by atoms with Crippen molar-refractivity contribution in [2.24, 2.45) is 0 Å². The van der Waals surface area contributed by atoms with Crippen LogP contribution in [0.15, 0.2) is 35.2 Å². The predicted molar refractivity (Wildman–Crippen MR) is 73.6 cm³/mol. The van der Waals surface area contributed by atoms with Gasteiger partial charge in [0.2, 0.25) is 0 Å². The van der Waals surface area contributed by atoms with Crippen molar-refractivity contribution in [3.05, 3.63) is 57.8 Å². The zero-order valence-electron chi connectivity index (χ0n) is 10.0. The Morgan fingerprint density at radius 3 is 2.00 bits per heavy atom. The quantitative estimate of drug-likeness (QED) is 0.838. The lowest BCUT2D eigenvalue weighted by Gasteiger charge is -2.09. The summed E-state index contributed by atoms with van der Waals surface area (Å²) in [6, 6.07) is 4.53. The standard InChI is InChI=1S/C12H6Cl2F3NO2S/c13-8-2-1-7(5-9(8)14)21(19,20)18-6-3-10(15)12(17)11(16)4-6/h1-5,18H. The summed E-state index contributed by atoms with van der Waals surface area (Å²) in [7, 11) is -4.15. The number of nitrogens with one attached hydrogen (secondary N) is 1. The third-order valence-electron chi connectivity index (χ3n) is 2.44. The summed E-state index contributed by atoms with van der Waals surface area (Å²) in [6.07, 6.45) is 0. The molecule has 2 aromatic rings. The number of rotatable bonds is 3. The van der Waals surface area contributed by atoms with E-state index in [2.05, 4.69) is 0 Å². The van der Waals surface area contributed by atoms with Crippen LogP contribution in [0, 0.1) is 17.5 Å². The maximum Gasteiger partial charge on any atom is 0.261 e. The Kier molecular flexibility index (Phi) is 4.36. The molecule has 0 saturated heterocycles. The van der Waals surface area contributed by atoms with Gasteiger partial charge in [0.25, 0.3) is 10.0 Å². The average Bonchev–Trinajstić information content (AvgIpc) is 2.38. The fourth-order valence-corrected chi connectivity index (χ4v) is 2.90. The molecule has 0 fully saturated rings. The summed E-state index contributed by atoms with van der Waals surface area (Å²) in [6.45, 7) is 0. The monoisotopic (exact) mass is 355 g/mol. The molecule has 0 heterocycles. The van der Waals surface area contributed by atoms with E-state index in [1.807, 2.05) is 4.72 Å². The van der Waals surface area contributed by atoms with Crippen LogP contribution in [0.4, 0.5) is 18.9 Å². The molecule has 9 heteroatoms. The van der Waals surface area contributed by atoms with Crippen LogP contribution in [0.1, 0.15) is 0 Å². The van der Waals surface area contributed by atoms with Crippen molar-refractivity contribution in [3.8, 4) is 0 Å². The maximum absolute atomic E-state index is 13.0. The van der Waals surface area contributed by atoms with E-state index < -0.39 is 33.2 Å². The Morgan fingerprint density at radius 1 is 0.905 bits per heavy atom.